The first-order valence-corrected chi connectivity index (χ1v) is 8.84. The first-order valence-electron chi connectivity index (χ1n) is 8.84. The first-order chi connectivity index (χ1) is 12.9. The molecule has 8 heteroatoms. The molecule has 0 atom stereocenters. The van der Waals surface area contributed by atoms with Crippen LogP contribution in [0, 0.1) is 10.1 Å². The van der Waals surface area contributed by atoms with E-state index in [4.69, 9.17) is 9.47 Å². The zero-order valence-electron chi connectivity index (χ0n) is 15.4. The number of benzene rings is 1. The average Bonchev–Trinajstić information content (AvgIpc) is 2.65. The van der Waals surface area contributed by atoms with Gasteiger partial charge in [0, 0.05) is 38.4 Å². The summed E-state index contributed by atoms with van der Waals surface area (Å²) >= 11 is 0. The van der Waals surface area contributed by atoms with Crippen molar-refractivity contribution in [3.05, 3.63) is 52.1 Å². The second kappa shape index (κ2) is 9.70. The molecular weight excluding hydrogens is 352 g/mol. The fourth-order valence-electron chi connectivity index (χ4n) is 2.76. The molecule has 1 aliphatic rings. The molecule has 0 aliphatic carbocycles. The summed E-state index contributed by atoms with van der Waals surface area (Å²) in [6, 6.07) is 6.15. The lowest BCUT2D eigenvalue weighted by molar-refractivity contribution is -0.385. The van der Waals surface area contributed by atoms with Crippen LogP contribution >= 0.6 is 0 Å². The number of likely N-dealkylation sites (tertiary alicyclic amines) is 1. The number of ether oxygens (including phenoxy) is 2. The lowest BCUT2D eigenvalue weighted by atomic mass is 10.1. The summed E-state index contributed by atoms with van der Waals surface area (Å²) < 4.78 is 10.6. The molecule has 27 heavy (non-hydrogen) atoms. The number of allylic oxidation sites excluding steroid dienone is 1. The number of rotatable bonds is 7. The molecule has 2 rings (SSSR count). The van der Waals surface area contributed by atoms with Crippen LogP contribution in [0.1, 0.15) is 38.2 Å². The van der Waals surface area contributed by atoms with Gasteiger partial charge in [-0.05, 0) is 19.4 Å². The molecule has 0 saturated carbocycles. The Kier molecular flexibility index (Phi) is 7.34. The van der Waals surface area contributed by atoms with Crippen molar-refractivity contribution in [1.29, 1.82) is 0 Å². The zero-order valence-corrected chi connectivity index (χ0v) is 15.4. The Hall–Kier alpha value is -2.90. The van der Waals surface area contributed by atoms with Crippen LogP contribution in [0.3, 0.4) is 0 Å². The molecule has 0 spiro atoms. The van der Waals surface area contributed by atoms with Crippen molar-refractivity contribution < 1.29 is 24.0 Å². The van der Waals surface area contributed by atoms with Crippen LogP contribution in [0.5, 0.6) is 0 Å². The molecule has 1 aliphatic heterocycles. The smallest absolute Gasteiger partial charge is 0.410 e. The van der Waals surface area contributed by atoms with E-state index in [2.05, 4.69) is 6.58 Å². The summed E-state index contributed by atoms with van der Waals surface area (Å²) in [5, 5.41) is 11.0. The predicted molar refractivity (Wildman–Crippen MR) is 98.0 cm³/mol. The van der Waals surface area contributed by atoms with Gasteiger partial charge in [0.1, 0.15) is 12.7 Å². The van der Waals surface area contributed by atoms with Crippen LogP contribution in [0.2, 0.25) is 0 Å². The maximum Gasteiger partial charge on any atom is 0.410 e. The first kappa shape index (κ1) is 20.4. The van der Waals surface area contributed by atoms with E-state index in [0.29, 0.717) is 44.3 Å². The number of piperidine rings is 1. The van der Waals surface area contributed by atoms with Crippen molar-refractivity contribution in [2.24, 2.45) is 0 Å². The second-order valence-electron chi connectivity index (χ2n) is 6.57. The van der Waals surface area contributed by atoms with E-state index >= 15 is 0 Å². The fourth-order valence-corrected chi connectivity index (χ4v) is 2.76. The summed E-state index contributed by atoms with van der Waals surface area (Å²) in [5.74, 6) is -0.254. The number of hydrogen-bond donors (Lipinski definition) is 0. The standard InChI is InChI=1S/C19H24N2O6/c1-14(2)7-8-18(22)27-16-9-11-20(12-10-16)19(23)26-13-15-5-3-4-6-17(15)21(24)25/h3-6,16H,1,7-13H2,2H3. The number of carbonyl (C=O) groups excluding carboxylic acids is 2. The number of esters is 1. The highest BCUT2D eigenvalue weighted by Crippen LogP contribution is 2.20. The molecule has 1 amide bonds. The Morgan fingerprint density at radius 3 is 2.56 bits per heavy atom. The summed E-state index contributed by atoms with van der Waals surface area (Å²) in [4.78, 5) is 35.9. The van der Waals surface area contributed by atoms with E-state index in [1.807, 2.05) is 6.92 Å². The Morgan fingerprint density at radius 1 is 1.26 bits per heavy atom. The number of nitro benzene ring substituents is 1. The average molecular weight is 376 g/mol. The van der Waals surface area contributed by atoms with Gasteiger partial charge in [0.2, 0.25) is 0 Å². The lowest BCUT2D eigenvalue weighted by Crippen LogP contribution is -2.41. The third-order valence-corrected chi connectivity index (χ3v) is 4.29. The maximum absolute atomic E-state index is 12.2. The van der Waals surface area contributed by atoms with Gasteiger partial charge in [0.25, 0.3) is 5.69 Å². The molecule has 1 aromatic carbocycles. The minimum Gasteiger partial charge on any atom is -0.462 e. The van der Waals surface area contributed by atoms with Gasteiger partial charge in [-0.25, -0.2) is 4.79 Å². The quantitative estimate of drug-likeness (QED) is 0.312. The van der Waals surface area contributed by atoms with Gasteiger partial charge in [0.05, 0.1) is 10.5 Å². The van der Waals surface area contributed by atoms with Crippen LogP contribution in [0.25, 0.3) is 0 Å². The molecule has 1 saturated heterocycles. The summed E-state index contributed by atoms with van der Waals surface area (Å²) in [6.45, 7) is 6.28. The molecule has 1 heterocycles. The number of nitrogens with zero attached hydrogens (tertiary/aromatic N) is 2. The van der Waals surface area contributed by atoms with Gasteiger partial charge >= 0.3 is 12.1 Å². The minimum atomic E-state index is -0.528. The molecule has 1 fully saturated rings. The normalized spacial score (nSPS) is 14.5. The number of para-hydroxylation sites is 1. The summed E-state index contributed by atoms with van der Waals surface area (Å²) in [6.07, 6.45) is 1.27. The van der Waals surface area contributed by atoms with Gasteiger partial charge in [-0.15, -0.1) is 6.58 Å². The van der Waals surface area contributed by atoms with E-state index in [0.717, 1.165) is 5.57 Å². The lowest BCUT2D eigenvalue weighted by Gasteiger charge is -2.31. The van der Waals surface area contributed by atoms with Crippen molar-refractivity contribution >= 4 is 17.7 Å². The summed E-state index contributed by atoms with van der Waals surface area (Å²) in [7, 11) is 0. The minimum absolute atomic E-state index is 0.0781. The van der Waals surface area contributed by atoms with E-state index in [1.54, 1.807) is 18.2 Å². The highest BCUT2D eigenvalue weighted by atomic mass is 16.6. The number of nitro groups is 1. The van der Waals surface area contributed by atoms with E-state index in [9.17, 15) is 19.7 Å². The van der Waals surface area contributed by atoms with Crippen molar-refractivity contribution in [3.8, 4) is 0 Å². The molecule has 0 aromatic heterocycles. The van der Waals surface area contributed by atoms with Crippen LogP contribution in [0.4, 0.5) is 10.5 Å². The Bertz CT molecular complexity index is 710. The van der Waals surface area contributed by atoms with Gasteiger partial charge in [-0.2, -0.15) is 0 Å². The van der Waals surface area contributed by atoms with Crippen LogP contribution < -0.4 is 0 Å². The summed E-state index contributed by atoms with van der Waals surface area (Å²) in [5.41, 5.74) is 1.20. The molecule has 0 unspecified atom stereocenters. The predicted octanol–water partition coefficient (Wildman–Crippen LogP) is 3.60. The van der Waals surface area contributed by atoms with Gasteiger partial charge in [0.15, 0.2) is 0 Å². The number of amides is 1. The highest BCUT2D eigenvalue weighted by Gasteiger charge is 2.26. The van der Waals surface area contributed by atoms with Crippen LogP contribution in [-0.4, -0.2) is 41.1 Å². The largest absolute Gasteiger partial charge is 0.462 e. The van der Waals surface area contributed by atoms with E-state index in [1.165, 1.54) is 11.0 Å². The Morgan fingerprint density at radius 2 is 1.93 bits per heavy atom. The molecular formula is C19H24N2O6. The third-order valence-electron chi connectivity index (χ3n) is 4.29. The number of carbonyl (C=O) groups is 2. The molecule has 0 bridgehead atoms. The van der Waals surface area contributed by atoms with Gasteiger partial charge in [-0.1, -0.05) is 17.7 Å². The van der Waals surface area contributed by atoms with Crippen LogP contribution in [0.15, 0.2) is 36.4 Å². The van der Waals surface area contributed by atoms with Crippen molar-refractivity contribution in [2.45, 2.75) is 45.3 Å². The monoisotopic (exact) mass is 376 g/mol. The van der Waals surface area contributed by atoms with Gasteiger partial charge in [-0.3, -0.25) is 14.9 Å². The second-order valence-corrected chi connectivity index (χ2v) is 6.57. The third kappa shape index (κ3) is 6.40. The Balaban J connectivity index is 1.76. The highest BCUT2D eigenvalue weighted by molar-refractivity contribution is 5.70. The van der Waals surface area contributed by atoms with E-state index in [-0.39, 0.29) is 24.4 Å². The molecule has 0 N–H and O–H groups in total. The molecule has 0 radical (unpaired) electrons. The van der Waals surface area contributed by atoms with Crippen molar-refractivity contribution in [3.63, 3.8) is 0 Å². The van der Waals surface area contributed by atoms with E-state index < -0.39 is 11.0 Å². The van der Waals surface area contributed by atoms with Crippen molar-refractivity contribution in [2.75, 3.05) is 13.1 Å². The Labute approximate surface area is 157 Å². The molecule has 1 aromatic rings. The van der Waals surface area contributed by atoms with Crippen molar-refractivity contribution in [1.82, 2.24) is 4.90 Å². The topological polar surface area (TPSA) is 99.0 Å². The van der Waals surface area contributed by atoms with Crippen LogP contribution in [-0.2, 0) is 20.9 Å². The van der Waals surface area contributed by atoms with Gasteiger partial charge < -0.3 is 14.4 Å². The molecule has 146 valence electrons. The SMILES string of the molecule is C=C(C)CCC(=O)OC1CCN(C(=O)OCc2ccccc2[N+](=O)[O-])CC1. The zero-order chi connectivity index (χ0) is 19.8. The fraction of sp³-hybridized carbons (Fsp3) is 0.474. The number of hydrogen-bond acceptors (Lipinski definition) is 6. The molecule has 8 nitrogen and oxygen atoms in total. The maximum atomic E-state index is 12.2.